The zero-order valence-corrected chi connectivity index (χ0v) is 11.6. The van der Waals surface area contributed by atoms with Gasteiger partial charge in [0, 0.05) is 28.8 Å². The Morgan fingerprint density at radius 1 is 1.26 bits per heavy atom. The van der Waals surface area contributed by atoms with Gasteiger partial charge < -0.3 is 10.3 Å². The van der Waals surface area contributed by atoms with Gasteiger partial charge in [0.05, 0.1) is 6.04 Å². The maximum atomic E-state index is 12.2. The molecule has 0 aromatic carbocycles. The van der Waals surface area contributed by atoms with Crippen LogP contribution >= 0.6 is 0 Å². The van der Waals surface area contributed by atoms with Crippen molar-refractivity contribution in [1.82, 2.24) is 20.3 Å². The molecule has 1 unspecified atom stereocenters. The third kappa shape index (κ3) is 3.19. The van der Waals surface area contributed by atoms with E-state index in [1.165, 1.54) is 0 Å². The van der Waals surface area contributed by atoms with Gasteiger partial charge in [0.2, 0.25) is 0 Å². The normalized spacial score (nSPS) is 12.2. The minimum Gasteiger partial charge on any atom is -0.344 e. The fourth-order valence-electron chi connectivity index (χ4n) is 1.97. The van der Waals surface area contributed by atoms with Crippen LogP contribution in [0, 0.1) is 20.8 Å². The standard InChI is InChI=1S/C14H18N4O/c1-8-5-12(6-9(2)16-8)14(19)18-11(4)13-15-7-10(3)17-13/h5-7,11H,1-4H3,(H,15,17)(H,18,19). The molecule has 2 aromatic heterocycles. The number of carbonyl (C=O) groups excluding carboxylic acids is 1. The second-order valence-corrected chi connectivity index (χ2v) is 4.79. The SMILES string of the molecule is Cc1cc(C(=O)NC(C)c2ncc(C)[nH]2)cc(C)n1. The zero-order valence-electron chi connectivity index (χ0n) is 11.6. The summed E-state index contributed by atoms with van der Waals surface area (Å²) in [5.41, 5.74) is 3.28. The Labute approximate surface area is 112 Å². The molecule has 1 atom stereocenters. The first kappa shape index (κ1) is 13.3. The largest absolute Gasteiger partial charge is 0.344 e. The second-order valence-electron chi connectivity index (χ2n) is 4.79. The monoisotopic (exact) mass is 258 g/mol. The topological polar surface area (TPSA) is 70.7 Å². The molecular formula is C14H18N4O. The van der Waals surface area contributed by atoms with Crippen LogP contribution in [0.4, 0.5) is 0 Å². The summed E-state index contributed by atoms with van der Waals surface area (Å²) in [5, 5.41) is 2.92. The molecular weight excluding hydrogens is 240 g/mol. The lowest BCUT2D eigenvalue weighted by molar-refractivity contribution is 0.0938. The number of amides is 1. The van der Waals surface area contributed by atoms with Gasteiger partial charge in [0.15, 0.2) is 0 Å². The van der Waals surface area contributed by atoms with E-state index < -0.39 is 0 Å². The van der Waals surface area contributed by atoms with Crippen LogP contribution in [0.5, 0.6) is 0 Å². The molecule has 5 nitrogen and oxygen atoms in total. The van der Waals surface area contributed by atoms with E-state index in [9.17, 15) is 4.79 Å². The van der Waals surface area contributed by atoms with Gasteiger partial charge in [-0.3, -0.25) is 9.78 Å². The second kappa shape index (κ2) is 5.22. The summed E-state index contributed by atoms with van der Waals surface area (Å²) < 4.78 is 0. The molecule has 0 saturated heterocycles. The van der Waals surface area contributed by atoms with Crippen molar-refractivity contribution in [2.24, 2.45) is 0 Å². The summed E-state index contributed by atoms with van der Waals surface area (Å²) in [6, 6.07) is 3.40. The van der Waals surface area contributed by atoms with Crippen molar-refractivity contribution in [3.63, 3.8) is 0 Å². The van der Waals surface area contributed by atoms with E-state index in [2.05, 4.69) is 20.3 Å². The maximum absolute atomic E-state index is 12.2. The number of pyridine rings is 1. The Morgan fingerprint density at radius 3 is 2.42 bits per heavy atom. The van der Waals surface area contributed by atoms with Crippen LogP contribution in [-0.4, -0.2) is 20.9 Å². The van der Waals surface area contributed by atoms with Crippen LogP contribution in [0.1, 0.15) is 46.2 Å². The van der Waals surface area contributed by atoms with Gasteiger partial charge >= 0.3 is 0 Å². The van der Waals surface area contributed by atoms with Crippen molar-refractivity contribution in [2.45, 2.75) is 33.7 Å². The molecule has 0 radical (unpaired) electrons. The molecule has 0 aliphatic heterocycles. The highest BCUT2D eigenvalue weighted by molar-refractivity contribution is 5.94. The average molecular weight is 258 g/mol. The molecule has 2 rings (SSSR count). The van der Waals surface area contributed by atoms with Crippen molar-refractivity contribution in [3.05, 3.63) is 46.8 Å². The Balaban J connectivity index is 2.12. The molecule has 0 spiro atoms. The summed E-state index contributed by atoms with van der Waals surface area (Å²) in [7, 11) is 0. The molecule has 0 aliphatic carbocycles. The fourth-order valence-corrected chi connectivity index (χ4v) is 1.97. The van der Waals surface area contributed by atoms with Crippen LogP contribution < -0.4 is 5.32 Å². The molecule has 2 aromatic rings. The van der Waals surface area contributed by atoms with E-state index in [1.54, 1.807) is 18.3 Å². The van der Waals surface area contributed by atoms with Crippen LogP contribution in [0.25, 0.3) is 0 Å². The van der Waals surface area contributed by atoms with Gasteiger partial charge in [-0.15, -0.1) is 0 Å². The first-order chi connectivity index (χ1) is 8.95. The van der Waals surface area contributed by atoms with Crippen molar-refractivity contribution in [3.8, 4) is 0 Å². The molecule has 19 heavy (non-hydrogen) atoms. The Bertz CT molecular complexity index is 583. The van der Waals surface area contributed by atoms with E-state index >= 15 is 0 Å². The highest BCUT2D eigenvalue weighted by Gasteiger charge is 2.14. The number of nitrogens with one attached hydrogen (secondary N) is 2. The average Bonchev–Trinajstić information content (AvgIpc) is 2.74. The molecule has 0 fully saturated rings. The number of rotatable bonds is 3. The first-order valence-corrected chi connectivity index (χ1v) is 6.23. The highest BCUT2D eigenvalue weighted by Crippen LogP contribution is 2.10. The molecule has 0 saturated carbocycles. The quantitative estimate of drug-likeness (QED) is 0.886. The lowest BCUT2D eigenvalue weighted by atomic mass is 10.1. The van der Waals surface area contributed by atoms with Gasteiger partial charge in [0.25, 0.3) is 5.91 Å². The maximum Gasteiger partial charge on any atom is 0.251 e. The molecule has 2 heterocycles. The number of nitrogens with zero attached hydrogens (tertiary/aromatic N) is 2. The Kier molecular flexibility index (Phi) is 3.64. The minimum absolute atomic E-state index is 0.116. The van der Waals surface area contributed by atoms with Crippen LogP contribution in [0.3, 0.4) is 0 Å². The number of carbonyl (C=O) groups is 1. The minimum atomic E-state index is -0.157. The van der Waals surface area contributed by atoms with E-state index in [1.807, 2.05) is 27.7 Å². The van der Waals surface area contributed by atoms with Crippen molar-refractivity contribution in [2.75, 3.05) is 0 Å². The van der Waals surface area contributed by atoms with Crippen molar-refractivity contribution in [1.29, 1.82) is 0 Å². The molecule has 5 heteroatoms. The molecule has 0 aliphatic rings. The third-order valence-corrected chi connectivity index (χ3v) is 2.82. The lowest BCUT2D eigenvalue weighted by Crippen LogP contribution is -2.27. The summed E-state index contributed by atoms with van der Waals surface area (Å²) >= 11 is 0. The number of hydrogen-bond acceptors (Lipinski definition) is 3. The highest BCUT2D eigenvalue weighted by atomic mass is 16.1. The third-order valence-electron chi connectivity index (χ3n) is 2.82. The van der Waals surface area contributed by atoms with E-state index in [0.717, 1.165) is 22.9 Å². The molecule has 2 N–H and O–H groups in total. The van der Waals surface area contributed by atoms with Crippen LogP contribution in [-0.2, 0) is 0 Å². The fraction of sp³-hybridized carbons (Fsp3) is 0.357. The van der Waals surface area contributed by atoms with Gasteiger partial charge in [-0.05, 0) is 39.8 Å². The van der Waals surface area contributed by atoms with E-state index in [0.29, 0.717) is 5.56 Å². The van der Waals surface area contributed by atoms with Crippen LogP contribution in [0.15, 0.2) is 18.3 Å². The van der Waals surface area contributed by atoms with Crippen LogP contribution in [0.2, 0.25) is 0 Å². The number of aromatic nitrogens is 3. The number of H-pyrrole nitrogens is 1. The summed E-state index contributed by atoms with van der Waals surface area (Å²) in [5.74, 6) is 0.642. The summed E-state index contributed by atoms with van der Waals surface area (Å²) in [6.45, 7) is 7.59. The predicted molar refractivity (Wildman–Crippen MR) is 72.9 cm³/mol. The number of hydrogen-bond donors (Lipinski definition) is 2. The smallest absolute Gasteiger partial charge is 0.251 e. The summed E-state index contributed by atoms with van der Waals surface area (Å²) in [4.78, 5) is 23.8. The molecule has 1 amide bonds. The van der Waals surface area contributed by atoms with Crippen molar-refractivity contribution >= 4 is 5.91 Å². The zero-order chi connectivity index (χ0) is 14.0. The van der Waals surface area contributed by atoms with Gasteiger partial charge in [-0.2, -0.15) is 0 Å². The van der Waals surface area contributed by atoms with Gasteiger partial charge in [-0.1, -0.05) is 0 Å². The van der Waals surface area contributed by atoms with Gasteiger partial charge in [-0.25, -0.2) is 4.98 Å². The predicted octanol–water partition coefficient (Wildman–Crippen LogP) is 2.22. The number of imidazole rings is 1. The van der Waals surface area contributed by atoms with Gasteiger partial charge in [0.1, 0.15) is 5.82 Å². The Hall–Kier alpha value is -2.17. The van der Waals surface area contributed by atoms with E-state index in [4.69, 9.17) is 0 Å². The van der Waals surface area contributed by atoms with E-state index in [-0.39, 0.29) is 11.9 Å². The Morgan fingerprint density at radius 2 is 1.89 bits per heavy atom. The lowest BCUT2D eigenvalue weighted by Gasteiger charge is -2.12. The number of aromatic amines is 1. The first-order valence-electron chi connectivity index (χ1n) is 6.23. The van der Waals surface area contributed by atoms with Crippen molar-refractivity contribution < 1.29 is 4.79 Å². The molecule has 100 valence electrons. The molecule has 0 bridgehead atoms. The summed E-state index contributed by atoms with van der Waals surface area (Å²) in [6.07, 6.45) is 1.75. The number of aryl methyl sites for hydroxylation is 3.